The van der Waals surface area contributed by atoms with Gasteiger partial charge in [-0.2, -0.15) is 0 Å². The number of hydrogen-bond acceptors (Lipinski definition) is 2. The fraction of sp³-hybridized carbons (Fsp3) is 0.650. The van der Waals surface area contributed by atoms with Crippen LogP contribution in [0.15, 0.2) is 29.3 Å². The molecular weight excluding hydrogens is 442 g/mol. The molecule has 1 aromatic carbocycles. The first-order valence-electron chi connectivity index (χ1n) is 9.44. The predicted octanol–water partition coefficient (Wildman–Crippen LogP) is 3.76. The molecule has 4 nitrogen and oxygen atoms in total. The molecule has 1 aliphatic heterocycles. The molecule has 2 rings (SSSR count). The van der Waals surface area contributed by atoms with Gasteiger partial charge in [-0.15, -0.1) is 24.0 Å². The maximum Gasteiger partial charge on any atom is 0.191 e. The fourth-order valence-corrected chi connectivity index (χ4v) is 3.21. The van der Waals surface area contributed by atoms with Crippen molar-refractivity contribution in [1.29, 1.82) is 0 Å². The molecular formula is C20H34FIN4. The zero-order chi connectivity index (χ0) is 18.1. The molecule has 2 N–H and O–H groups in total. The number of hydrogen-bond donors (Lipinski definition) is 2. The second-order valence-corrected chi connectivity index (χ2v) is 7.50. The van der Waals surface area contributed by atoms with Crippen LogP contribution in [0.4, 0.5) is 4.39 Å². The number of guanidine groups is 1. The Morgan fingerprint density at radius 2 is 1.92 bits per heavy atom. The van der Waals surface area contributed by atoms with Gasteiger partial charge in [0.15, 0.2) is 5.96 Å². The smallest absolute Gasteiger partial charge is 0.191 e. The van der Waals surface area contributed by atoms with E-state index in [1.54, 1.807) is 19.2 Å². The first-order valence-corrected chi connectivity index (χ1v) is 9.44. The molecule has 148 valence electrons. The van der Waals surface area contributed by atoms with Gasteiger partial charge in [-0.3, -0.25) is 4.99 Å². The molecule has 1 aliphatic rings. The molecule has 0 unspecified atom stereocenters. The molecule has 0 bridgehead atoms. The topological polar surface area (TPSA) is 39.7 Å². The van der Waals surface area contributed by atoms with Crippen molar-refractivity contribution in [2.45, 2.75) is 44.9 Å². The summed E-state index contributed by atoms with van der Waals surface area (Å²) in [5.41, 5.74) is 0.816. The van der Waals surface area contributed by atoms with Gasteiger partial charge in [0.25, 0.3) is 0 Å². The number of aliphatic imine (C=N–C) groups is 1. The predicted molar refractivity (Wildman–Crippen MR) is 119 cm³/mol. The van der Waals surface area contributed by atoms with E-state index in [4.69, 9.17) is 0 Å². The minimum Gasteiger partial charge on any atom is -0.356 e. The third-order valence-electron chi connectivity index (χ3n) is 4.92. The maximum absolute atomic E-state index is 13.5. The van der Waals surface area contributed by atoms with Crippen molar-refractivity contribution in [1.82, 2.24) is 15.5 Å². The van der Waals surface area contributed by atoms with Crippen LogP contribution < -0.4 is 10.6 Å². The molecule has 1 saturated heterocycles. The van der Waals surface area contributed by atoms with Crippen LogP contribution in [-0.4, -0.2) is 50.6 Å². The SMILES string of the molecule is CN=C(NCCCCN1CCCC1)NCC(C)(C)c1cccc(F)c1.I. The highest BCUT2D eigenvalue weighted by atomic mass is 127. The van der Waals surface area contributed by atoms with Crippen LogP contribution in [0.1, 0.15) is 45.1 Å². The average Bonchev–Trinajstić information content (AvgIpc) is 3.10. The maximum atomic E-state index is 13.5. The summed E-state index contributed by atoms with van der Waals surface area (Å²) in [6.45, 7) is 9.59. The molecule has 0 saturated carbocycles. The van der Waals surface area contributed by atoms with Crippen molar-refractivity contribution in [3.8, 4) is 0 Å². The summed E-state index contributed by atoms with van der Waals surface area (Å²) in [6.07, 6.45) is 5.08. The van der Waals surface area contributed by atoms with E-state index in [-0.39, 0.29) is 35.2 Å². The third kappa shape index (κ3) is 7.78. The van der Waals surface area contributed by atoms with E-state index < -0.39 is 0 Å². The molecule has 1 heterocycles. The van der Waals surface area contributed by atoms with Gasteiger partial charge in [0.05, 0.1) is 0 Å². The van der Waals surface area contributed by atoms with E-state index in [1.165, 1.54) is 45.0 Å². The van der Waals surface area contributed by atoms with Gasteiger partial charge in [0.1, 0.15) is 5.82 Å². The van der Waals surface area contributed by atoms with Crippen LogP contribution in [-0.2, 0) is 5.41 Å². The number of unbranched alkanes of at least 4 members (excludes halogenated alkanes) is 1. The summed E-state index contributed by atoms with van der Waals surface area (Å²) in [5.74, 6) is 0.622. The van der Waals surface area contributed by atoms with E-state index >= 15 is 0 Å². The zero-order valence-electron chi connectivity index (χ0n) is 16.4. The Morgan fingerprint density at radius 1 is 1.19 bits per heavy atom. The van der Waals surface area contributed by atoms with Gasteiger partial charge < -0.3 is 15.5 Å². The first-order chi connectivity index (χ1) is 12.0. The van der Waals surface area contributed by atoms with E-state index in [1.807, 2.05) is 6.07 Å². The van der Waals surface area contributed by atoms with Crippen LogP contribution >= 0.6 is 24.0 Å². The molecule has 0 aromatic heterocycles. The van der Waals surface area contributed by atoms with Gasteiger partial charge in [0.2, 0.25) is 0 Å². The molecule has 26 heavy (non-hydrogen) atoms. The Balaban J connectivity index is 0.00000338. The molecule has 0 aliphatic carbocycles. The highest BCUT2D eigenvalue weighted by Gasteiger charge is 2.21. The van der Waals surface area contributed by atoms with Crippen molar-refractivity contribution in [2.75, 3.05) is 39.8 Å². The van der Waals surface area contributed by atoms with E-state index in [0.717, 1.165) is 24.5 Å². The van der Waals surface area contributed by atoms with Crippen LogP contribution in [0.25, 0.3) is 0 Å². The van der Waals surface area contributed by atoms with Crippen LogP contribution in [0.2, 0.25) is 0 Å². The monoisotopic (exact) mass is 476 g/mol. The lowest BCUT2D eigenvalue weighted by molar-refractivity contribution is 0.330. The molecule has 1 aromatic rings. The van der Waals surface area contributed by atoms with Crippen LogP contribution in [0.5, 0.6) is 0 Å². The summed E-state index contributed by atoms with van der Waals surface area (Å²) in [5, 5.41) is 6.74. The number of rotatable bonds is 8. The normalized spacial score (nSPS) is 15.6. The van der Waals surface area contributed by atoms with Gasteiger partial charge in [-0.1, -0.05) is 26.0 Å². The number of nitrogens with one attached hydrogen (secondary N) is 2. The van der Waals surface area contributed by atoms with Gasteiger partial charge in [0, 0.05) is 25.6 Å². The summed E-state index contributed by atoms with van der Waals surface area (Å²) in [4.78, 5) is 6.84. The largest absolute Gasteiger partial charge is 0.356 e. The van der Waals surface area contributed by atoms with E-state index in [0.29, 0.717) is 6.54 Å². The van der Waals surface area contributed by atoms with Gasteiger partial charge in [-0.05, 0) is 63.0 Å². The number of halogens is 2. The van der Waals surface area contributed by atoms with Crippen molar-refractivity contribution in [3.05, 3.63) is 35.6 Å². The van der Waals surface area contributed by atoms with Crippen molar-refractivity contribution in [3.63, 3.8) is 0 Å². The number of benzene rings is 1. The Morgan fingerprint density at radius 3 is 2.58 bits per heavy atom. The van der Waals surface area contributed by atoms with Crippen LogP contribution in [0.3, 0.4) is 0 Å². The lowest BCUT2D eigenvalue weighted by Gasteiger charge is -2.27. The average molecular weight is 476 g/mol. The Kier molecular flexibility index (Phi) is 10.5. The van der Waals surface area contributed by atoms with Crippen molar-refractivity contribution in [2.24, 2.45) is 4.99 Å². The van der Waals surface area contributed by atoms with Crippen molar-refractivity contribution < 1.29 is 4.39 Å². The van der Waals surface area contributed by atoms with E-state index in [9.17, 15) is 4.39 Å². The number of nitrogens with zero attached hydrogens (tertiary/aromatic N) is 2. The second-order valence-electron chi connectivity index (χ2n) is 7.50. The van der Waals surface area contributed by atoms with Gasteiger partial charge in [-0.25, -0.2) is 4.39 Å². The molecule has 1 fully saturated rings. The summed E-state index contributed by atoms with van der Waals surface area (Å²) >= 11 is 0. The number of likely N-dealkylation sites (tertiary alicyclic amines) is 1. The Hall–Kier alpha value is -0.890. The second kappa shape index (κ2) is 11.7. The van der Waals surface area contributed by atoms with Crippen LogP contribution in [0, 0.1) is 5.82 Å². The van der Waals surface area contributed by atoms with E-state index in [2.05, 4.69) is 34.4 Å². The van der Waals surface area contributed by atoms with Gasteiger partial charge >= 0.3 is 0 Å². The minimum atomic E-state index is -0.189. The Bertz CT molecular complexity index is 556. The summed E-state index contributed by atoms with van der Waals surface area (Å²) in [6, 6.07) is 6.82. The summed E-state index contributed by atoms with van der Waals surface area (Å²) < 4.78 is 13.5. The lowest BCUT2D eigenvalue weighted by Crippen LogP contribution is -2.43. The first kappa shape index (κ1) is 23.1. The third-order valence-corrected chi connectivity index (χ3v) is 4.92. The Labute approximate surface area is 175 Å². The highest BCUT2D eigenvalue weighted by Crippen LogP contribution is 2.22. The van der Waals surface area contributed by atoms with Crippen molar-refractivity contribution >= 4 is 29.9 Å². The lowest BCUT2D eigenvalue weighted by atomic mass is 9.84. The molecule has 0 spiro atoms. The zero-order valence-corrected chi connectivity index (χ0v) is 18.7. The summed E-state index contributed by atoms with van der Waals surface area (Å²) in [7, 11) is 1.79. The minimum absolute atomic E-state index is 0. The quantitative estimate of drug-likeness (QED) is 0.260. The molecule has 6 heteroatoms. The highest BCUT2D eigenvalue weighted by molar-refractivity contribution is 14.0. The standard InChI is InChI=1S/C20H33FN4.HI/c1-20(2,17-9-8-10-18(21)15-17)16-24-19(22-3)23-11-4-5-12-25-13-6-7-14-25;/h8-10,15H,4-7,11-14,16H2,1-3H3,(H2,22,23,24);1H. The molecule has 0 amide bonds. The fourth-order valence-electron chi connectivity index (χ4n) is 3.21. The molecule has 0 radical (unpaired) electrons. The molecule has 0 atom stereocenters.